The summed E-state index contributed by atoms with van der Waals surface area (Å²) in [6.45, 7) is 12.8. The summed E-state index contributed by atoms with van der Waals surface area (Å²) in [5.41, 5.74) is -1.45. The highest BCUT2D eigenvalue weighted by atomic mass is 16.5. The maximum Gasteiger partial charge on any atom is 0.331 e. The minimum Gasteiger partial charge on any atom is -0.466 e. The van der Waals surface area contributed by atoms with E-state index in [-0.39, 0.29) is 47.3 Å². The van der Waals surface area contributed by atoms with E-state index in [1.54, 1.807) is 34.6 Å². The number of nitrogens with one attached hydrogen (secondary N) is 1. The number of amides is 1. The summed E-state index contributed by atoms with van der Waals surface area (Å²) in [6, 6.07) is 0. The maximum absolute atomic E-state index is 12.6. The van der Waals surface area contributed by atoms with E-state index < -0.39 is 35.3 Å². The van der Waals surface area contributed by atoms with Gasteiger partial charge in [-0.05, 0) is 33.6 Å². The molecule has 0 aliphatic heterocycles. The van der Waals surface area contributed by atoms with Crippen molar-refractivity contribution in [2.24, 2.45) is 17.8 Å². The molecule has 1 aliphatic carbocycles. The molecule has 1 N–H and O–H groups in total. The predicted molar refractivity (Wildman–Crippen MR) is 107 cm³/mol. The van der Waals surface area contributed by atoms with Crippen molar-refractivity contribution in [1.29, 1.82) is 0 Å². The average Bonchev–Trinajstić information content (AvgIpc) is 3.05. The van der Waals surface area contributed by atoms with Crippen LogP contribution in [0.2, 0.25) is 0 Å². The van der Waals surface area contributed by atoms with Crippen LogP contribution in [0.5, 0.6) is 0 Å². The quantitative estimate of drug-likeness (QED) is 0.488. The Morgan fingerprint density at radius 3 is 1.61 bits per heavy atom. The standard InChI is InChI=1S/C18H29NO7.C2H6.2H2/c1-6-24-15(21)12-9-18(17(23)26-8-3,19-14(20)11(4)5)10-13(12)16(22)25-7-2;1-2;;/h11-13H,6-10H2,1-5H3,(H,19,20);1-2H3;2*1H/t12-,13+,18?;;;. The Morgan fingerprint density at radius 2 is 1.29 bits per heavy atom. The molecule has 1 unspecified atom stereocenters. The van der Waals surface area contributed by atoms with Gasteiger partial charge in [-0.15, -0.1) is 0 Å². The van der Waals surface area contributed by atoms with E-state index in [9.17, 15) is 19.2 Å². The molecule has 166 valence electrons. The molecule has 1 rings (SSSR count). The molecule has 0 spiro atoms. The number of carbonyl (C=O) groups is 4. The molecule has 0 radical (unpaired) electrons. The van der Waals surface area contributed by atoms with Gasteiger partial charge in [0.05, 0.1) is 31.7 Å². The average molecular weight is 406 g/mol. The molecule has 1 saturated carbocycles. The number of esters is 3. The van der Waals surface area contributed by atoms with Gasteiger partial charge >= 0.3 is 17.9 Å². The monoisotopic (exact) mass is 405 g/mol. The molecule has 0 bridgehead atoms. The third-order valence-electron chi connectivity index (χ3n) is 4.35. The molecule has 1 fully saturated rings. The highest BCUT2D eigenvalue weighted by Crippen LogP contribution is 2.42. The van der Waals surface area contributed by atoms with E-state index in [0.717, 1.165) is 0 Å². The molecule has 28 heavy (non-hydrogen) atoms. The lowest BCUT2D eigenvalue weighted by Crippen LogP contribution is -2.55. The van der Waals surface area contributed by atoms with Gasteiger partial charge in [0.2, 0.25) is 5.91 Å². The van der Waals surface area contributed by atoms with E-state index in [4.69, 9.17) is 14.2 Å². The lowest BCUT2D eigenvalue weighted by molar-refractivity contribution is -0.158. The second-order valence-corrected chi connectivity index (χ2v) is 6.57. The second kappa shape index (κ2) is 12.4. The van der Waals surface area contributed by atoms with Crippen LogP contribution < -0.4 is 5.32 Å². The number of carbonyl (C=O) groups excluding carboxylic acids is 4. The van der Waals surface area contributed by atoms with Crippen molar-refractivity contribution in [1.82, 2.24) is 5.32 Å². The van der Waals surface area contributed by atoms with Gasteiger partial charge in [-0.2, -0.15) is 0 Å². The Kier molecular flexibility index (Phi) is 11.4. The fourth-order valence-electron chi connectivity index (χ4n) is 3.08. The molecular formula is C20H39NO7. The first-order valence-corrected chi connectivity index (χ1v) is 10.0. The van der Waals surface area contributed by atoms with Crippen LogP contribution in [0.3, 0.4) is 0 Å². The third-order valence-corrected chi connectivity index (χ3v) is 4.35. The highest BCUT2D eigenvalue weighted by molar-refractivity contribution is 5.93. The summed E-state index contributed by atoms with van der Waals surface area (Å²) >= 11 is 0. The summed E-state index contributed by atoms with van der Waals surface area (Å²) in [5, 5.41) is 2.70. The van der Waals surface area contributed by atoms with Crippen molar-refractivity contribution in [2.45, 2.75) is 66.8 Å². The normalized spacial score (nSPS) is 23.3. The molecule has 3 atom stereocenters. The molecule has 0 saturated heterocycles. The summed E-state index contributed by atoms with van der Waals surface area (Å²) in [7, 11) is 0. The van der Waals surface area contributed by atoms with Crippen LogP contribution in [0.25, 0.3) is 0 Å². The number of ether oxygens (including phenoxy) is 3. The van der Waals surface area contributed by atoms with Crippen molar-refractivity contribution in [3.8, 4) is 0 Å². The first-order chi connectivity index (χ1) is 13.2. The van der Waals surface area contributed by atoms with Crippen molar-refractivity contribution < 1.29 is 36.2 Å². The number of hydrogen-bond donors (Lipinski definition) is 1. The van der Waals surface area contributed by atoms with Gasteiger partial charge < -0.3 is 19.5 Å². The van der Waals surface area contributed by atoms with Crippen LogP contribution in [0.4, 0.5) is 0 Å². The predicted octanol–water partition coefficient (Wildman–Crippen LogP) is 2.73. The van der Waals surface area contributed by atoms with Gasteiger partial charge in [0.15, 0.2) is 0 Å². The number of hydrogen-bond acceptors (Lipinski definition) is 7. The van der Waals surface area contributed by atoms with Crippen LogP contribution in [-0.2, 0) is 33.4 Å². The van der Waals surface area contributed by atoms with Gasteiger partial charge in [-0.3, -0.25) is 14.4 Å². The van der Waals surface area contributed by atoms with Crippen molar-refractivity contribution in [2.75, 3.05) is 19.8 Å². The molecule has 8 heteroatoms. The van der Waals surface area contributed by atoms with Crippen LogP contribution in [0.1, 0.15) is 64.2 Å². The van der Waals surface area contributed by atoms with Crippen LogP contribution in [0, 0.1) is 17.8 Å². The van der Waals surface area contributed by atoms with Crippen molar-refractivity contribution in [3.63, 3.8) is 0 Å². The minimum atomic E-state index is -1.45. The van der Waals surface area contributed by atoms with Gasteiger partial charge in [0.1, 0.15) is 5.54 Å². The first kappa shape index (κ1) is 25.9. The Bertz CT molecular complexity index is 529. The largest absolute Gasteiger partial charge is 0.466 e. The summed E-state index contributed by atoms with van der Waals surface area (Å²) < 4.78 is 15.2. The van der Waals surface area contributed by atoms with E-state index in [0.29, 0.717) is 0 Å². The lowest BCUT2D eigenvalue weighted by Gasteiger charge is -2.29. The molecule has 8 nitrogen and oxygen atoms in total. The van der Waals surface area contributed by atoms with Crippen molar-refractivity contribution in [3.05, 3.63) is 0 Å². The SMILES string of the molecule is CC.CCOC(=O)[C@H]1CC(NC(=O)C(C)C)(C(=O)OCC)C[C@H]1C(=O)OCC.[HH].[HH]. The first-order valence-electron chi connectivity index (χ1n) is 10.0. The molecule has 1 amide bonds. The molecule has 0 heterocycles. The van der Waals surface area contributed by atoms with Crippen molar-refractivity contribution >= 4 is 23.8 Å². The Hall–Kier alpha value is -2.12. The number of rotatable bonds is 8. The fraction of sp³-hybridized carbons (Fsp3) is 0.800. The van der Waals surface area contributed by atoms with Gasteiger partial charge in [-0.25, -0.2) is 4.79 Å². The Labute approximate surface area is 170 Å². The van der Waals surface area contributed by atoms with Gasteiger partial charge in [0.25, 0.3) is 0 Å². The van der Waals surface area contributed by atoms with E-state index >= 15 is 0 Å². The molecule has 0 aromatic rings. The molecular weight excluding hydrogens is 366 g/mol. The van der Waals surface area contributed by atoms with Crippen LogP contribution in [0.15, 0.2) is 0 Å². The van der Waals surface area contributed by atoms with Gasteiger partial charge in [-0.1, -0.05) is 27.7 Å². The summed E-state index contributed by atoms with van der Waals surface area (Å²) in [4.78, 5) is 49.6. The zero-order chi connectivity index (χ0) is 21.9. The topological polar surface area (TPSA) is 108 Å². The second-order valence-electron chi connectivity index (χ2n) is 6.57. The molecule has 0 aromatic heterocycles. The minimum absolute atomic E-state index is 0. The zero-order valence-electron chi connectivity index (χ0n) is 18.1. The Balaban J connectivity index is -0.00000176. The maximum atomic E-state index is 12.6. The van der Waals surface area contributed by atoms with E-state index in [1.807, 2.05) is 13.8 Å². The Morgan fingerprint density at radius 1 is 0.893 bits per heavy atom. The summed E-state index contributed by atoms with van der Waals surface area (Å²) in [5.74, 6) is -4.33. The van der Waals surface area contributed by atoms with E-state index in [2.05, 4.69) is 5.32 Å². The third kappa shape index (κ3) is 6.49. The zero-order valence-corrected chi connectivity index (χ0v) is 18.1. The molecule has 1 aliphatic rings. The molecule has 0 aromatic carbocycles. The highest BCUT2D eigenvalue weighted by Gasteiger charge is 2.57. The lowest BCUT2D eigenvalue weighted by atomic mass is 9.94. The summed E-state index contributed by atoms with van der Waals surface area (Å²) in [6.07, 6.45) is -0.126. The van der Waals surface area contributed by atoms with Gasteiger partial charge in [0, 0.05) is 8.77 Å². The van der Waals surface area contributed by atoms with Crippen LogP contribution >= 0.6 is 0 Å². The van der Waals surface area contributed by atoms with Crippen LogP contribution in [-0.4, -0.2) is 49.2 Å². The fourth-order valence-corrected chi connectivity index (χ4v) is 3.08. The van der Waals surface area contributed by atoms with E-state index in [1.165, 1.54) is 0 Å². The smallest absolute Gasteiger partial charge is 0.331 e.